The molecule has 2 aliphatic heterocycles. The smallest absolute Gasteiger partial charge is 0.208 e. The fraction of sp³-hybridized carbons (Fsp3) is 0.667. The van der Waals surface area contributed by atoms with Crippen LogP contribution in [-0.2, 0) is 20.2 Å². The molecule has 0 saturated carbocycles. The predicted octanol–water partition coefficient (Wildman–Crippen LogP) is 1.65. The summed E-state index contributed by atoms with van der Waals surface area (Å²) in [6.45, 7) is 5.97. The highest BCUT2D eigenvalue weighted by atomic mass is 32.2. The molecule has 1 N–H and O–H groups in total. The van der Waals surface area contributed by atoms with Gasteiger partial charge < -0.3 is 0 Å². The van der Waals surface area contributed by atoms with Crippen LogP contribution in [0.5, 0.6) is 0 Å². The Balaban J connectivity index is 1.60. The van der Waals surface area contributed by atoms with Gasteiger partial charge in [-0.3, -0.25) is 0 Å². The zero-order valence-electron chi connectivity index (χ0n) is 15.9. The molecule has 9 heteroatoms. The molecule has 27 heavy (non-hydrogen) atoms. The van der Waals surface area contributed by atoms with Crippen molar-refractivity contribution < 1.29 is 16.8 Å². The molecule has 3 rings (SSSR count). The normalized spacial score (nSPS) is 26.9. The van der Waals surface area contributed by atoms with Crippen LogP contribution >= 0.6 is 0 Å². The van der Waals surface area contributed by atoms with E-state index in [1.54, 1.807) is 34.6 Å². The maximum atomic E-state index is 13.0. The molecule has 2 atom stereocenters. The van der Waals surface area contributed by atoms with Gasteiger partial charge in [-0.2, -0.15) is 17.0 Å². The maximum Gasteiger partial charge on any atom is 0.281 e. The van der Waals surface area contributed by atoms with Crippen LogP contribution < -0.4 is 4.72 Å². The van der Waals surface area contributed by atoms with Crippen LogP contribution in [0.1, 0.15) is 33.1 Å². The SMILES string of the molecule is C[C@@H]1C[C@@H](C)CN(S(=O)(=O)N2CCC(NS(=O)(=O)c3ccccc3)CC2)C1. The van der Waals surface area contributed by atoms with E-state index in [9.17, 15) is 16.8 Å². The molecule has 2 aliphatic rings. The van der Waals surface area contributed by atoms with Crippen LogP contribution in [0.2, 0.25) is 0 Å². The van der Waals surface area contributed by atoms with Crippen molar-refractivity contribution >= 4 is 20.2 Å². The lowest BCUT2D eigenvalue weighted by molar-refractivity contribution is 0.201. The fourth-order valence-corrected chi connectivity index (χ4v) is 7.26. The van der Waals surface area contributed by atoms with Gasteiger partial charge in [-0.1, -0.05) is 32.0 Å². The number of rotatable bonds is 5. The van der Waals surface area contributed by atoms with Gasteiger partial charge in [0.05, 0.1) is 4.90 Å². The van der Waals surface area contributed by atoms with E-state index < -0.39 is 20.2 Å². The van der Waals surface area contributed by atoms with Gasteiger partial charge in [0.15, 0.2) is 0 Å². The minimum absolute atomic E-state index is 0.233. The van der Waals surface area contributed by atoms with E-state index in [-0.39, 0.29) is 10.9 Å². The van der Waals surface area contributed by atoms with E-state index in [2.05, 4.69) is 18.6 Å². The van der Waals surface area contributed by atoms with Gasteiger partial charge in [-0.15, -0.1) is 0 Å². The molecule has 0 aliphatic carbocycles. The third kappa shape index (κ3) is 4.89. The van der Waals surface area contributed by atoms with Crippen molar-refractivity contribution in [2.75, 3.05) is 26.2 Å². The van der Waals surface area contributed by atoms with Gasteiger partial charge in [-0.05, 0) is 43.2 Å². The molecule has 2 fully saturated rings. The van der Waals surface area contributed by atoms with Crippen molar-refractivity contribution in [1.29, 1.82) is 0 Å². The highest BCUT2D eigenvalue weighted by Crippen LogP contribution is 2.26. The minimum Gasteiger partial charge on any atom is -0.208 e. The Morgan fingerprint density at radius 3 is 2.00 bits per heavy atom. The summed E-state index contributed by atoms with van der Waals surface area (Å²) in [7, 11) is -7.06. The molecule has 152 valence electrons. The van der Waals surface area contributed by atoms with Crippen molar-refractivity contribution in [1.82, 2.24) is 13.3 Å². The van der Waals surface area contributed by atoms with Crippen LogP contribution in [-0.4, -0.2) is 57.7 Å². The third-order valence-electron chi connectivity index (χ3n) is 5.32. The molecule has 2 saturated heterocycles. The second-order valence-corrected chi connectivity index (χ2v) is 11.5. The molecular formula is C18H29N3O4S2. The topological polar surface area (TPSA) is 86.8 Å². The quantitative estimate of drug-likeness (QED) is 0.792. The van der Waals surface area contributed by atoms with Crippen molar-refractivity contribution in [3.63, 3.8) is 0 Å². The molecule has 0 aromatic heterocycles. The largest absolute Gasteiger partial charge is 0.281 e. The summed E-state index contributed by atoms with van der Waals surface area (Å²) in [5, 5.41) is 0. The zero-order valence-corrected chi connectivity index (χ0v) is 17.5. The summed E-state index contributed by atoms with van der Waals surface area (Å²) in [6.07, 6.45) is 2.00. The fourth-order valence-electron chi connectivity index (χ4n) is 4.05. The van der Waals surface area contributed by atoms with Gasteiger partial charge in [0.25, 0.3) is 10.2 Å². The van der Waals surface area contributed by atoms with Crippen LogP contribution in [0, 0.1) is 11.8 Å². The van der Waals surface area contributed by atoms with Crippen molar-refractivity contribution in [3.05, 3.63) is 30.3 Å². The first-order valence-electron chi connectivity index (χ1n) is 9.51. The Labute approximate surface area is 163 Å². The number of hydrogen-bond donors (Lipinski definition) is 1. The first-order chi connectivity index (χ1) is 12.7. The highest BCUT2D eigenvalue weighted by molar-refractivity contribution is 7.89. The Hall–Kier alpha value is -1.00. The molecular weight excluding hydrogens is 386 g/mol. The molecule has 0 radical (unpaired) electrons. The number of hydrogen-bond acceptors (Lipinski definition) is 4. The first kappa shape index (κ1) is 20.7. The number of piperidine rings is 2. The lowest BCUT2D eigenvalue weighted by atomic mass is 9.94. The summed E-state index contributed by atoms with van der Waals surface area (Å²) < 4.78 is 56.6. The Morgan fingerprint density at radius 1 is 0.889 bits per heavy atom. The van der Waals surface area contributed by atoms with Crippen LogP contribution in [0.15, 0.2) is 35.2 Å². The zero-order chi connectivity index (χ0) is 19.7. The molecule has 0 amide bonds. The number of benzene rings is 1. The number of nitrogens with one attached hydrogen (secondary N) is 1. The van der Waals surface area contributed by atoms with E-state index in [0.717, 1.165) is 6.42 Å². The van der Waals surface area contributed by atoms with E-state index in [1.807, 2.05) is 0 Å². The Bertz CT molecular complexity index is 825. The summed E-state index contributed by atoms with van der Waals surface area (Å²) in [5.74, 6) is 0.720. The summed E-state index contributed by atoms with van der Waals surface area (Å²) in [4.78, 5) is 0.233. The Kier molecular flexibility index (Phi) is 6.27. The summed E-state index contributed by atoms with van der Waals surface area (Å²) in [5.41, 5.74) is 0. The lowest BCUT2D eigenvalue weighted by Gasteiger charge is -2.39. The predicted molar refractivity (Wildman–Crippen MR) is 105 cm³/mol. The second kappa shape index (κ2) is 8.16. The molecule has 0 spiro atoms. The number of sulfonamides is 1. The van der Waals surface area contributed by atoms with Crippen molar-refractivity contribution in [3.8, 4) is 0 Å². The molecule has 2 heterocycles. The number of nitrogens with zero attached hydrogens (tertiary/aromatic N) is 2. The van der Waals surface area contributed by atoms with E-state index in [0.29, 0.717) is 50.9 Å². The van der Waals surface area contributed by atoms with Gasteiger partial charge in [0.2, 0.25) is 10.0 Å². The summed E-state index contributed by atoms with van der Waals surface area (Å²) >= 11 is 0. The average Bonchev–Trinajstić information content (AvgIpc) is 2.62. The minimum atomic E-state index is -3.58. The van der Waals surface area contributed by atoms with Crippen LogP contribution in [0.25, 0.3) is 0 Å². The second-order valence-electron chi connectivity index (χ2n) is 7.88. The van der Waals surface area contributed by atoms with Gasteiger partial charge in [0, 0.05) is 32.2 Å². The highest BCUT2D eigenvalue weighted by Gasteiger charge is 2.37. The molecule has 0 unspecified atom stereocenters. The maximum absolute atomic E-state index is 13.0. The molecule has 0 bridgehead atoms. The van der Waals surface area contributed by atoms with E-state index >= 15 is 0 Å². The third-order valence-corrected chi connectivity index (χ3v) is 8.82. The molecule has 1 aromatic carbocycles. The van der Waals surface area contributed by atoms with Gasteiger partial charge in [-0.25, -0.2) is 13.1 Å². The monoisotopic (exact) mass is 415 g/mol. The van der Waals surface area contributed by atoms with E-state index in [1.165, 1.54) is 4.31 Å². The molecule has 7 nitrogen and oxygen atoms in total. The van der Waals surface area contributed by atoms with Crippen LogP contribution in [0.3, 0.4) is 0 Å². The van der Waals surface area contributed by atoms with Crippen molar-refractivity contribution in [2.24, 2.45) is 11.8 Å². The van der Waals surface area contributed by atoms with Gasteiger partial charge >= 0.3 is 0 Å². The summed E-state index contributed by atoms with van der Waals surface area (Å²) in [6, 6.07) is 8.00. The Morgan fingerprint density at radius 2 is 1.44 bits per heavy atom. The van der Waals surface area contributed by atoms with Crippen molar-refractivity contribution in [2.45, 2.75) is 44.0 Å². The standard InChI is InChI=1S/C18H29N3O4S2/c1-15-12-16(2)14-21(13-15)27(24,25)20-10-8-17(9-11-20)19-26(22,23)18-6-4-3-5-7-18/h3-7,15-17,19H,8-14H2,1-2H3/t15-,16-/m1/s1. The molecule has 1 aromatic rings. The van der Waals surface area contributed by atoms with Gasteiger partial charge in [0.1, 0.15) is 0 Å². The lowest BCUT2D eigenvalue weighted by Crippen LogP contribution is -2.53. The van der Waals surface area contributed by atoms with E-state index in [4.69, 9.17) is 0 Å². The van der Waals surface area contributed by atoms with Crippen LogP contribution in [0.4, 0.5) is 0 Å². The first-order valence-corrected chi connectivity index (χ1v) is 12.4. The average molecular weight is 416 g/mol.